The van der Waals surface area contributed by atoms with Crippen molar-refractivity contribution >= 4 is 52.3 Å². The second-order valence-corrected chi connectivity index (χ2v) is 6.70. The van der Waals surface area contributed by atoms with E-state index in [4.69, 9.17) is 28.3 Å². The smallest absolute Gasteiger partial charge is 0.277 e. The summed E-state index contributed by atoms with van der Waals surface area (Å²) in [7, 11) is 0. The summed E-state index contributed by atoms with van der Waals surface area (Å²) in [6.07, 6.45) is 1.16. The average Bonchev–Trinajstić information content (AvgIpc) is 2.89. The molecule has 0 fully saturated rings. The molecule has 7 nitrogen and oxygen atoms in total. The number of imide groups is 1. The molecular formula is C19H15Cl2N3O4. The summed E-state index contributed by atoms with van der Waals surface area (Å²) in [5.41, 5.74) is 1.31. The zero-order valence-electron chi connectivity index (χ0n) is 14.4. The zero-order chi connectivity index (χ0) is 20.3. The summed E-state index contributed by atoms with van der Waals surface area (Å²) in [6, 6.07) is 11.2. The first kappa shape index (κ1) is 19.9. The Labute approximate surface area is 170 Å². The average molecular weight is 420 g/mol. The van der Waals surface area contributed by atoms with Crippen molar-refractivity contribution in [2.45, 2.75) is 0 Å². The highest BCUT2D eigenvalue weighted by Gasteiger charge is 2.30. The zero-order valence-corrected chi connectivity index (χ0v) is 15.9. The van der Waals surface area contributed by atoms with Crippen LogP contribution in [0.2, 0.25) is 10.0 Å². The Morgan fingerprint density at radius 1 is 1.07 bits per heavy atom. The third kappa shape index (κ3) is 4.33. The van der Waals surface area contributed by atoms with Crippen molar-refractivity contribution in [3.63, 3.8) is 0 Å². The number of carbonyl (C=O) groups is 3. The predicted octanol–water partition coefficient (Wildman–Crippen LogP) is 2.90. The molecule has 9 heteroatoms. The number of anilines is 2. The van der Waals surface area contributed by atoms with Crippen LogP contribution in [0.1, 0.15) is 10.4 Å². The highest BCUT2D eigenvalue weighted by Crippen LogP contribution is 2.24. The van der Waals surface area contributed by atoms with Gasteiger partial charge in [0.25, 0.3) is 17.7 Å². The van der Waals surface area contributed by atoms with Gasteiger partial charge in [0.15, 0.2) is 0 Å². The van der Waals surface area contributed by atoms with E-state index in [1.165, 1.54) is 12.1 Å². The molecule has 1 heterocycles. The molecule has 3 rings (SSSR count). The molecule has 3 amide bonds. The maximum Gasteiger partial charge on any atom is 0.277 e. The highest BCUT2D eigenvalue weighted by atomic mass is 35.5. The summed E-state index contributed by atoms with van der Waals surface area (Å²) < 4.78 is 0. The number of nitrogens with zero attached hydrogens (tertiary/aromatic N) is 1. The lowest BCUT2D eigenvalue weighted by molar-refractivity contribution is -0.137. The van der Waals surface area contributed by atoms with Gasteiger partial charge in [0.2, 0.25) is 0 Å². The van der Waals surface area contributed by atoms with Crippen molar-refractivity contribution in [1.29, 1.82) is 0 Å². The van der Waals surface area contributed by atoms with Crippen LogP contribution in [0.4, 0.5) is 11.4 Å². The van der Waals surface area contributed by atoms with Crippen LogP contribution in [0.25, 0.3) is 0 Å². The minimum absolute atomic E-state index is 0.0721. The summed E-state index contributed by atoms with van der Waals surface area (Å²) in [5.74, 6) is -1.44. The van der Waals surface area contributed by atoms with Gasteiger partial charge in [-0.15, -0.1) is 0 Å². The largest absolute Gasteiger partial charge is 0.395 e. The molecule has 2 aromatic carbocycles. The van der Waals surface area contributed by atoms with E-state index in [-0.39, 0.29) is 29.4 Å². The molecule has 0 bridgehead atoms. The van der Waals surface area contributed by atoms with E-state index < -0.39 is 17.7 Å². The Kier molecular flexibility index (Phi) is 5.99. The number of amides is 3. The normalized spacial score (nSPS) is 13.5. The van der Waals surface area contributed by atoms with Crippen molar-refractivity contribution in [2.75, 3.05) is 23.8 Å². The standard InChI is InChI=1S/C19H15Cl2N3O4/c20-11-4-5-14(15(21)8-11)18(27)23-13-3-1-2-12(9-13)22-16-10-17(26)24(6-7-25)19(16)28/h1-5,8-10,22,25H,6-7H2,(H,23,27). The molecule has 144 valence electrons. The number of aliphatic hydroxyl groups excluding tert-OH is 1. The maximum atomic E-state index is 12.4. The Balaban J connectivity index is 1.72. The first-order chi connectivity index (χ1) is 13.4. The van der Waals surface area contributed by atoms with Gasteiger partial charge in [-0.3, -0.25) is 19.3 Å². The predicted molar refractivity (Wildman–Crippen MR) is 106 cm³/mol. The van der Waals surface area contributed by atoms with Crippen molar-refractivity contribution in [3.8, 4) is 0 Å². The fourth-order valence-electron chi connectivity index (χ4n) is 2.61. The van der Waals surface area contributed by atoms with E-state index in [2.05, 4.69) is 10.6 Å². The first-order valence-electron chi connectivity index (χ1n) is 8.21. The minimum Gasteiger partial charge on any atom is -0.395 e. The number of rotatable bonds is 6. The van der Waals surface area contributed by atoms with Crippen molar-refractivity contribution in [2.24, 2.45) is 0 Å². The van der Waals surface area contributed by atoms with E-state index in [9.17, 15) is 14.4 Å². The molecule has 28 heavy (non-hydrogen) atoms. The minimum atomic E-state index is -0.526. The topological polar surface area (TPSA) is 98.7 Å². The number of nitrogens with one attached hydrogen (secondary N) is 2. The van der Waals surface area contributed by atoms with Crippen LogP contribution in [0, 0.1) is 0 Å². The van der Waals surface area contributed by atoms with Gasteiger partial charge in [-0.2, -0.15) is 0 Å². The Morgan fingerprint density at radius 2 is 1.82 bits per heavy atom. The van der Waals surface area contributed by atoms with Crippen LogP contribution >= 0.6 is 23.2 Å². The molecule has 1 aliphatic heterocycles. The monoisotopic (exact) mass is 419 g/mol. The van der Waals surface area contributed by atoms with Crippen molar-refractivity contribution in [3.05, 3.63) is 69.8 Å². The van der Waals surface area contributed by atoms with Gasteiger partial charge in [0.1, 0.15) is 5.70 Å². The number of hydrogen-bond donors (Lipinski definition) is 3. The third-order valence-electron chi connectivity index (χ3n) is 3.91. The molecule has 0 radical (unpaired) electrons. The van der Waals surface area contributed by atoms with E-state index in [1.807, 2.05) is 0 Å². The molecule has 2 aromatic rings. The number of benzene rings is 2. The molecule has 0 unspecified atom stereocenters. The maximum absolute atomic E-state index is 12.4. The van der Waals surface area contributed by atoms with E-state index in [0.717, 1.165) is 11.0 Å². The summed E-state index contributed by atoms with van der Waals surface area (Å²) in [4.78, 5) is 37.3. The molecular weight excluding hydrogens is 405 g/mol. The fraction of sp³-hybridized carbons (Fsp3) is 0.105. The van der Waals surface area contributed by atoms with Crippen molar-refractivity contribution in [1.82, 2.24) is 4.90 Å². The van der Waals surface area contributed by atoms with Crippen LogP contribution in [-0.4, -0.2) is 40.9 Å². The molecule has 1 aliphatic rings. The molecule has 0 saturated heterocycles. The number of aliphatic hydroxyl groups is 1. The number of halogens is 2. The lowest BCUT2D eigenvalue weighted by atomic mass is 10.2. The van der Waals surface area contributed by atoms with E-state index in [1.54, 1.807) is 30.3 Å². The molecule has 0 saturated carbocycles. The highest BCUT2D eigenvalue weighted by molar-refractivity contribution is 6.37. The lowest BCUT2D eigenvalue weighted by Crippen LogP contribution is -2.34. The summed E-state index contributed by atoms with van der Waals surface area (Å²) >= 11 is 11.9. The van der Waals surface area contributed by atoms with Gasteiger partial charge in [0, 0.05) is 22.5 Å². The van der Waals surface area contributed by atoms with Crippen LogP contribution in [0.15, 0.2) is 54.2 Å². The first-order valence-corrected chi connectivity index (χ1v) is 8.96. The van der Waals surface area contributed by atoms with Gasteiger partial charge >= 0.3 is 0 Å². The summed E-state index contributed by atoms with van der Waals surface area (Å²) in [5, 5.41) is 15.2. The van der Waals surface area contributed by atoms with Gasteiger partial charge < -0.3 is 15.7 Å². The van der Waals surface area contributed by atoms with E-state index >= 15 is 0 Å². The van der Waals surface area contributed by atoms with Gasteiger partial charge in [-0.05, 0) is 36.4 Å². The lowest BCUT2D eigenvalue weighted by Gasteiger charge is -2.14. The fourth-order valence-corrected chi connectivity index (χ4v) is 3.11. The van der Waals surface area contributed by atoms with Gasteiger partial charge in [0.05, 0.1) is 23.7 Å². The second-order valence-electron chi connectivity index (χ2n) is 5.86. The SMILES string of the molecule is O=C(Nc1cccc(NC2=CC(=O)N(CCO)C2=O)c1)c1ccc(Cl)cc1Cl. The number of hydrogen-bond acceptors (Lipinski definition) is 5. The van der Waals surface area contributed by atoms with E-state index in [0.29, 0.717) is 16.4 Å². The molecule has 0 aliphatic carbocycles. The quantitative estimate of drug-likeness (QED) is 0.625. The van der Waals surface area contributed by atoms with Crippen LogP contribution in [0.3, 0.4) is 0 Å². The van der Waals surface area contributed by atoms with Crippen molar-refractivity contribution < 1.29 is 19.5 Å². The molecule has 3 N–H and O–H groups in total. The van der Waals surface area contributed by atoms with Crippen LogP contribution in [-0.2, 0) is 9.59 Å². The van der Waals surface area contributed by atoms with Gasteiger partial charge in [-0.1, -0.05) is 29.3 Å². The Hall–Kier alpha value is -2.87. The number of carbonyl (C=O) groups excluding carboxylic acids is 3. The molecule has 0 spiro atoms. The Bertz CT molecular complexity index is 991. The van der Waals surface area contributed by atoms with Gasteiger partial charge in [-0.25, -0.2) is 0 Å². The molecule has 0 atom stereocenters. The Morgan fingerprint density at radius 3 is 2.54 bits per heavy atom. The second kappa shape index (κ2) is 8.43. The number of β-amino-alcohol motifs (C(OH)–C–C–N with tert-alkyl or cyclic N) is 1. The third-order valence-corrected chi connectivity index (χ3v) is 4.46. The van der Waals surface area contributed by atoms with Crippen LogP contribution in [0.5, 0.6) is 0 Å². The summed E-state index contributed by atoms with van der Waals surface area (Å²) in [6.45, 7) is -0.384. The van der Waals surface area contributed by atoms with Crippen LogP contribution < -0.4 is 10.6 Å². The molecule has 0 aromatic heterocycles.